The third-order valence-electron chi connectivity index (χ3n) is 2.98. The fraction of sp³-hybridized carbons (Fsp3) is 0.250. The molecule has 3 rings (SSSR count). The minimum atomic E-state index is -0.0684. The average Bonchev–Trinajstić information content (AvgIpc) is 3.04. The number of aromatic nitrogens is 3. The molecule has 0 fully saturated rings. The summed E-state index contributed by atoms with van der Waals surface area (Å²) < 4.78 is 1.73. The molecular formula is C12H13N5OS. The van der Waals surface area contributed by atoms with Crippen molar-refractivity contribution < 1.29 is 5.21 Å². The summed E-state index contributed by atoms with van der Waals surface area (Å²) in [7, 11) is 0. The molecular weight excluding hydrogens is 262 g/mol. The largest absolute Gasteiger partial charge is 0.409 e. The Morgan fingerprint density at radius 1 is 1.53 bits per heavy atom. The first-order chi connectivity index (χ1) is 9.26. The van der Waals surface area contributed by atoms with Gasteiger partial charge < -0.3 is 10.9 Å². The van der Waals surface area contributed by atoms with Gasteiger partial charge in [-0.1, -0.05) is 23.4 Å². The SMILES string of the molecule is NC(=NO)c1ncn(CC2Cc3ccccc3S2)n1. The van der Waals surface area contributed by atoms with Crippen LogP contribution in [-0.4, -0.2) is 31.1 Å². The summed E-state index contributed by atoms with van der Waals surface area (Å²) in [6.07, 6.45) is 2.64. The highest BCUT2D eigenvalue weighted by Gasteiger charge is 2.22. The number of benzene rings is 1. The molecule has 2 aromatic rings. The number of oxime groups is 1. The number of nitrogens with zero attached hydrogens (tertiary/aromatic N) is 4. The molecule has 6 nitrogen and oxygen atoms in total. The Kier molecular flexibility index (Phi) is 3.12. The van der Waals surface area contributed by atoms with Crippen LogP contribution in [0.5, 0.6) is 0 Å². The molecule has 0 radical (unpaired) electrons. The van der Waals surface area contributed by atoms with E-state index in [2.05, 4.69) is 39.5 Å². The number of hydrogen-bond acceptors (Lipinski definition) is 5. The number of amidine groups is 1. The van der Waals surface area contributed by atoms with Gasteiger partial charge in [0.05, 0.1) is 6.54 Å². The monoisotopic (exact) mass is 275 g/mol. The van der Waals surface area contributed by atoms with E-state index in [0.29, 0.717) is 5.25 Å². The molecule has 3 N–H and O–H groups in total. The lowest BCUT2D eigenvalue weighted by Crippen LogP contribution is -2.17. The smallest absolute Gasteiger partial charge is 0.219 e. The van der Waals surface area contributed by atoms with Gasteiger partial charge in [-0.05, 0) is 18.1 Å². The van der Waals surface area contributed by atoms with Crippen LogP contribution in [0.1, 0.15) is 11.4 Å². The zero-order valence-electron chi connectivity index (χ0n) is 10.1. The molecule has 1 aliphatic rings. The molecule has 0 bridgehead atoms. The van der Waals surface area contributed by atoms with Gasteiger partial charge in [0.15, 0.2) is 0 Å². The summed E-state index contributed by atoms with van der Waals surface area (Å²) in [4.78, 5) is 5.34. The Morgan fingerprint density at radius 3 is 3.16 bits per heavy atom. The average molecular weight is 275 g/mol. The van der Waals surface area contributed by atoms with Gasteiger partial charge in [-0.3, -0.25) is 4.68 Å². The molecule has 1 atom stereocenters. The van der Waals surface area contributed by atoms with Gasteiger partial charge in [0.2, 0.25) is 11.7 Å². The molecule has 0 saturated carbocycles. The first-order valence-electron chi connectivity index (χ1n) is 5.88. The number of hydrogen-bond donors (Lipinski definition) is 2. The van der Waals surface area contributed by atoms with Gasteiger partial charge in [0.25, 0.3) is 0 Å². The topological polar surface area (TPSA) is 89.3 Å². The van der Waals surface area contributed by atoms with Crippen LogP contribution < -0.4 is 5.73 Å². The van der Waals surface area contributed by atoms with Crippen LogP contribution in [0.2, 0.25) is 0 Å². The van der Waals surface area contributed by atoms with Crippen LogP contribution in [0.15, 0.2) is 40.6 Å². The Morgan fingerprint density at radius 2 is 2.37 bits per heavy atom. The van der Waals surface area contributed by atoms with Gasteiger partial charge >= 0.3 is 0 Å². The standard InChI is InChI=1S/C12H13N5OS/c13-11(16-18)12-14-7-17(15-12)6-9-5-8-3-1-2-4-10(8)19-9/h1-4,7,9,18H,5-6H2,(H2,13,16). The van der Waals surface area contributed by atoms with Crippen molar-refractivity contribution in [3.63, 3.8) is 0 Å². The summed E-state index contributed by atoms with van der Waals surface area (Å²) in [5.74, 6) is 0.184. The van der Waals surface area contributed by atoms with Crippen LogP contribution in [0, 0.1) is 0 Å². The molecule has 1 unspecified atom stereocenters. The Balaban J connectivity index is 1.69. The van der Waals surface area contributed by atoms with E-state index in [1.54, 1.807) is 11.0 Å². The van der Waals surface area contributed by atoms with Crippen molar-refractivity contribution in [3.05, 3.63) is 42.0 Å². The van der Waals surface area contributed by atoms with E-state index in [1.165, 1.54) is 10.5 Å². The van der Waals surface area contributed by atoms with Crippen molar-refractivity contribution in [3.8, 4) is 0 Å². The first kappa shape index (κ1) is 12.0. The molecule has 2 heterocycles. The summed E-state index contributed by atoms with van der Waals surface area (Å²) in [6.45, 7) is 0.755. The van der Waals surface area contributed by atoms with E-state index in [4.69, 9.17) is 10.9 Å². The number of rotatable bonds is 3. The summed E-state index contributed by atoms with van der Waals surface area (Å²) in [5, 5.41) is 16.1. The van der Waals surface area contributed by atoms with E-state index >= 15 is 0 Å². The van der Waals surface area contributed by atoms with Crippen molar-refractivity contribution >= 4 is 17.6 Å². The van der Waals surface area contributed by atoms with Crippen LogP contribution in [0.3, 0.4) is 0 Å². The third-order valence-corrected chi connectivity index (χ3v) is 4.28. The molecule has 19 heavy (non-hydrogen) atoms. The van der Waals surface area contributed by atoms with Gasteiger partial charge in [0.1, 0.15) is 6.33 Å². The first-order valence-corrected chi connectivity index (χ1v) is 6.76. The quantitative estimate of drug-likeness (QED) is 0.379. The summed E-state index contributed by atoms with van der Waals surface area (Å²) in [6, 6.07) is 8.42. The molecule has 0 spiro atoms. The van der Waals surface area contributed by atoms with Gasteiger partial charge in [-0.25, -0.2) is 4.98 Å². The van der Waals surface area contributed by atoms with E-state index in [0.717, 1.165) is 13.0 Å². The van der Waals surface area contributed by atoms with Gasteiger partial charge in [0, 0.05) is 10.1 Å². The van der Waals surface area contributed by atoms with E-state index in [-0.39, 0.29) is 11.7 Å². The zero-order chi connectivity index (χ0) is 13.2. The lowest BCUT2D eigenvalue weighted by atomic mass is 10.1. The molecule has 7 heteroatoms. The lowest BCUT2D eigenvalue weighted by molar-refractivity contribution is 0.318. The highest BCUT2D eigenvalue weighted by atomic mass is 32.2. The molecule has 0 aliphatic carbocycles. The van der Waals surface area contributed by atoms with Crippen molar-refractivity contribution in [2.45, 2.75) is 23.1 Å². The molecule has 0 saturated heterocycles. The minimum Gasteiger partial charge on any atom is -0.409 e. The predicted molar refractivity (Wildman–Crippen MR) is 72.3 cm³/mol. The second-order valence-corrected chi connectivity index (χ2v) is 5.67. The minimum absolute atomic E-state index is 0.0684. The second-order valence-electron chi connectivity index (χ2n) is 4.33. The third kappa shape index (κ3) is 2.41. The lowest BCUT2D eigenvalue weighted by Gasteiger charge is -2.07. The number of fused-ring (bicyclic) bond motifs is 1. The van der Waals surface area contributed by atoms with Crippen LogP contribution in [-0.2, 0) is 13.0 Å². The Labute approximate surface area is 114 Å². The van der Waals surface area contributed by atoms with E-state index in [9.17, 15) is 0 Å². The van der Waals surface area contributed by atoms with Crippen molar-refractivity contribution in [1.82, 2.24) is 14.8 Å². The molecule has 1 aromatic carbocycles. The zero-order valence-corrected chi connectivity index (χ0v) is 10.9. The Hall–Kier alpha value is -2.02. The van der Waals surface area contributed by atoms with Crippen molar-refractivity contribution in [2.75, 3.05) is 0 Å². The van der Waals surface area contributed by atoms with Gasteiger partial charge in [-0.2, -0.15) is 0 Å². The van der Waals surface area contributed by atoms with Crippen LogP contribution >= 0.6 is 11.8 Å². The maximum Gasteiger partial charge on any atom is 0.219 e. The van der Waals surface area contributed by atoms with Crippen molar-refractivity contribution in [1.29, 1.82) is 0 Å². The molecule has 98 valence electrons. The van der Waals surface area contributed by atoms with Crippen LogP contribution in [0.4, 0.5) is 0 Å². The normalized spacial score (nSPS) is 18.5. The molecule has 1 aromatic heterocycles. The maximum atomic E-state index is 8.57. The Bertz CT molecular complexity index is 599. The molecule has 1 aliphatic heterocycles. The fourth-order valence-corrected chi connectivity index (χ4v) is 3.42. The van der Waals surface area contributed by atoms with Gasteiger partial charge in [-0.15, -0.1) is 16.9 Å². The highest BCUT2D eigenvalue weighted by molar-refractivity contribution is 8.00. The van der Waals surface area contributed by atoms with Crippen molar-refractivity contribution in [2.24, 2.45) is 10.9 Å². The maximum absolute atomic E-state index is 8.57. The fourth-order valence-electron chi connectivity index (χ4n) is 2.11. The van der Waals surface area contributed by atoms with Crippen LogP contribution in [0.25, 0.3) is 0 Å². The second kappa shape index (κ2) is 4.93. The van der Waals surface area contributed by atoms with E-state index in [1.807, 2.05) is 11.8 Å². The number of nitrogens with two attached hydrogens (primary N) is 1. The summed E-state index contributed by atoms with van der Waals surface area (Å²) >= 11 is 1.85. The highest BCUT2D eigenvalue weighted by Crippen LogP contribution is 2.37. The molecule has 0 amide bonds. The number of thioether (sulfide) groups is 1. The predicted octanol–water partition coefficient (Wildman–Crippen LogP) is 1.09. The van der Waals surface area contributed by atoms with E-state index < -0.39 is 0 Å². The summed E-state index contributed by atoms with van der Waals surface area (Å²) in [5.41, 5.74) is 6.82.